The Morgan fingerprint density at radius 1 is 1.17 bits per heavy atom. The fourth-order valence-electron chi connectivity index (χ4n) is 3.98. The van der Waals surface area contributed by atoms with E-state index in [1.165, 1.54) is 36.8 Å². The molecule has 2 unspecified atom stereocenters. The number of nitrogens with one attached hydrogen (secondary N) is 1. The zero-order valence-corrected chi connectivity index (χ0v) is 14.6. The topological polar surface area (TPSA) is 35.6 Å². The van der Waals surface area contributed by atoms with Crippen LogP contribution < -0.4 is 5.32 Å². The van der Waals surface area contributed by atoms with Crippen molar-refractivity contribution in [3.05, 3.63) is 35.4 Å². The van der Waals surface area contributed by atoms with E-state index >= 15 is 0 Å². The molecule has 1 aromatic rings. The first kappa shape index (κ1) is 16.5. The van der Waals surface area contributed by atoms with Crippen LogP contribution in [0.2, 0.25) is 0 Å². The van der Waals surface area contributed by atoms with E-state index in [0.29, 0.717) is 31.2 Å². The van der Waals surface area contributed by atoms with Crippen molar-refractivity contribution < 1.29 is 4.79 Å². The Hall–Kier alpha value is -1.39. The van der Waals surface area contributed by atoms with Crippen LogP contribution in [-0.2, 0) is 11.3 Å². The smallest absolute Gasteiger partial charge is 0.236 e. The average Bonchev–Trinajstić information content (AvgIpc) is 2.87. The molecule has 2 aliphatic rings. The van der Waals surface area contributed by atoms with Crippen LogP contribution in [0.15, 0.2) is 24.3 Å². The largest absolute Gasteiger partial charge is 0.340 e. The van der Waals surface area contributed by atoms with Crippen LogP contribution in [0, 0.1) is 6.92 Å². The van der Waals surface area contributed by atoms with Gasteiger partial charge in [-0.2, -0.15) is 0 Å². The highest BCUT2D eigenvalue weighted by atomic mass is 16.2. The van der Waals surface area contributed by atoms with E-state index in [0.717, 1.165) is 0 Å². The van der Waals surface area contributed by atoms with Crippen molar-refractivity contribution in [2.24, 2.45) is 0 Å². The lowest BCUT2D eigenvalue weighted by Crippen LogP contribution is -2.49. The molecule has 2 aliphatic heterocycles. The minimum absolute atomic E-state index is 0.210. The SMILES string of the molecule is Cc1ccccc1CN(C)C(=O)CN(C)C1CC2CCC(C1)N2. The van der Waals surface area contributed by atoms with Gasteiger partial charge in [-0.05, 0) is 50.8 Å². The second-order valence-corrected chi connectivity index (χ2v) is 7.35. The van der Waals surface area contributed by atoms with Gasteiger partial charge in [0.15, 0.2) is 0 Å². The number of hydrogen-bond donors (Lipinski definition) is 1. The van der Waals surface area contributed by atoms with Crippen LogP contribution in [0.25, 0.3) is 0 Å². The van der Waals surface area contributed by atoms with Crippen molar-refractivity contribution in [1.29, 1.82) is 0 Å². The number of aryl methyl sites for hydroxylation is 1. The second-order valence-electron chi connectivity index (χ2n) is 7.35. The molecule has 0 radical (unpaired) electrons. The summed E-state index contributed by atoms with van der Waals surface area (Å²) in [5, 5.41) is 3.67. The molecule has 0 aliphatic carbocycles. The fraction of sp³-hybridized carbons (Fsp3) is 0.632. The number of nitrogens with zero attached hydrogens (tertiary/aromatic N) is 2. The van der Waals surface area contributed by atoms with Crippen molar-refractivity contribution in [3.8, 4) is 0 Å². The highest BCUT2D eigenvalue weighted by Gasteiger charge is 2.35. The Kier molecular flexibility index (Phi) is 5.02. The summed E-state index contributed by atoms with van der Waals surface area (Å²) in [6.07, 6.45) is 4.97. The van der Waals surface area contributed by atoms with Gasteiger partial charge < -0.3 is 10.2 Å². The summed E-state index contributed by atoms with van der Waals surface area (Å²) in [6, 6.07) is 10.2. The number of likely N-dealkylation sites (N-methyl/N-ethyl adjacent to an activating group) is 2. The predicted octanol–water partition coefficient (Wildman–Crippen LogP) is 2.17. The molecule has 1 N–H and O–H groups in total. The Balaban J connectivity index is 1.52. The van der Waals surface area contributed by atoms with Crippen molar-refractivity contribution in [2.45, 2.75) is 57.3 Å². The monoisotopic (exact) mass is 315 g/mol. The van der Waals surface area contributed by atoms with E-state index in [1.54, 1.807) is 0 Å². The van der Waals surface area contributed by atoms with E-state index in [1.807, 2.05) is 24.1 Å². The molecule has 0 aromatic heterocycles. The molecule has 2 bridgehead atoms. The fourth-order valence-corrected chi connectivity index (χ4v) is 3.98. The first-order valence-electron chi connectivity index (χ1n) is 8.77. The van der Waals surface area contributed by atoms with Crippen molar-refractivity contribution in [2.75, 3.05) is 20.6 Å². The average molecular weight is 315 g/mol. The highest BCUT2D eigenvalue weighted by Crippen LogP contribution is 2.29. The van der Waals surface area contributed by atoms with E-state index in [4.69, 9.17) is 0 Å². The number of amides is 1. The maximum atomic E-state index is 12.6. The first-order valence-corrected chi connectivity index (χ1v) is 8.77. The van der Waals surface area contributed by atoms with E-state index in [2.05, 4.69) is 36.3 Å². The summed E-state index contributed by atoms with van der Waals surface area (Å²) in [4.78, 5) is 16.7. The van der Waals surface area contributed by atoms with Crippen LogP contribution in [0.3, 0.4) is 0 Å². The number of carbonyl (C=O) groups is 1. The third-order valence-electron chi connectivity index (χ3n) is 5.55. The second kappa shape index (κ2) is 7.02. The van der Waals surface area contributed by atoms with E-state index < -0.39 is 0 Å². The summed E-state index contributed by atoms with van der Waals surface area (Å²) in [6.45, 7) is 3.31. The number of benzene rings is 1. The molecule has 1 aromatic carbocycles. The highest BCUT2D eigenvalue weighted by molar-refractivity contribution is 5.78. The van der Waals surface area contributed by atoms with Gasteiger partial charge in [0.25, 0.3) is 0 Å². The molecule has 1 amide bonds. The van der Waals surface area contributed by atoms with Crippen LogP contribution in [-0.4, -0.2) is 54.5 Å². The van der Waals surface area contributed by atoms with Gasteiger partial charge in [-0.25, -0.2) is 0 Å². The summed E-state index contributed by atoms with van der Waals surface area (Å²) < 4.78 is 0. The van der Waals surface area contributed by atoms with Gasteiger partial charge in [0.05, 0.1) is 6.54 Å². The van der Waals surface area contributed by atoms with E-state index in [-0.39, 0.29) is 5.91 Å². The van der Waals surface area contributed by atoms with E-state index in [9.17, 15) is 4.79 Å². The zero-order chi connectivity index (χ0) is 16.4. The molecule has 2 atom stereocenters. The minimum atomic E-state index is 0.210. The number of hydrogen-bond acceptors (Lipinski definition) is 3. The molecule has 4 nitrogen and oxygen atoms in total. The number of carbonyl (C=O) groups excluding carboxylic acids is 1. The van der Waals surface area contributed by atoms with Crippen molar-refractivity contribution in [1.82, 2.24) is 15.1 Å². The molecule has 23 heavy (non-hydrogen) atoms. The molecule has 4 heteroatoms. The van der Waals surface area contributed by atoms with Crippen LogP contribution >= 0.6 is 0 Å². The van der Waals surface area contributed by atoms with Gasteiger partial charge >= 0.3 is 0 Å². The molecule has 2 fully saturated rings. The summed E-state index contributed by atoms with van der Waals surface area (Å²) in [5.41, 5.74) is 2.47. The van der Waals surface area contributed by atoms with Gasteiger partial charge in [-0.15, -0.1) is 0 Å². The Morgan fingerprint density at radius 3 is 2.48 bits per heavy atom. The molecular formula is C19H29N3O. The molecule has 0 spiro atoms. The van der Waals surface area contributed by atoms with Gasteiger partial charge in [0, 0.05) is 31.7 Å². The van der Waals surface area contributed by atoms with Gasteiger partial charge in [-0.1, -0.05) is 24.3 Å². The lowest BCUT2D eigenvalue weighted by atomic mass is 9.98. The Labute approximate surface area is 139 Å². The quantitative estimate of drug-likeness (QED) is 0.904. The maximum absolute atomic E-state index is 12.6. The van der Waals surface area contributed by atoms with Crippen molar-refractivity contribution in [3.63, 3.8) is 0 Å². The molecule has 126 valence electrons. The summed E-state index contributed by atoms with van der Waals surface area (Å²) >= 11 is 0. The van der Waals surface area contributed by atoms with Gasteiger partial charge in [-0.3, -0.25) is 9.69 Å². The van der Waals surface area contributed by atoms with Gasteiger partial charge in [0.2, 0.25) is 5.91 Å². The lowest BCUT2D eigenvalue weighted by molar-refractivity contribution is -0.132. The Bertz CT molecular complexity index is 547. The molecule has 2 saturated heterocycles. The van der Waals surface area contributed by atoms with Gasteiger partial charge in [0.1, 0.15) is 0 Å². The van der Waals surface area contributed by atoms with Crippen molar-refractivity contribution >= 4 is 5.91 Å². The lowest BCUT2D eigenvalue weighted by Gasteiger charge is -2.35. The molecule has 3 rings (SSSR count). The predicted molar refractivity (Wildman–Crippen MR) is 93.3 cm³/mol. The number of fused-ring (bicyclic) bond motifs is 2. The third kappa shape index (κ3) is 3.93. The number of rotatable bonds is 5. The standard InChI is InChI=1S/C19H29N3O/c1-14-6-4-5-7-15(14)12-22(3)19(23)13-21(2)18-10-16-8-9-17(11-18)20-16/h4-7,16-18,20H,8-13H2,1-3H3. The third-order valence-corrected chi connectivity index (χ3v) is 5.55. The molecule has 0 saturated carbocycles. The van der Waals surface area contributed by atoms with Crippen LogP contribution in [0.1, 0.15) is 36.8 Å². The normalized spacial score (nSPS) is 26.5. The summed E-state index contributed by atoms with van der Waals surface area (Å²) in [7, 11) is 4.02. The number of piperidine rings is 1. The maximum Gasteiger partial charge on any atom is 0.236 e. The molecule has 2 heterocycles. The summed E-state index contributed by atoms with van der Waals surface area (Å²) in [5.74, 6) is 0.210. The van der Waals surface area contributed by atoms with Crippen LogP contribution in [0.5, 0.6) is 0 Å². The Morgan fingerprint density at radius 2 is 1.83 bits per heavy atom. The first-order chi connectivity index (χ1) is 11.0. The zero-order valence-electron chi connectivity index (χ0n) is 14.6. The van der Waals surface area contributed by atoms with Crippen LogP contribution in [0.4, 0.5) is 0 Å². The minimum Gasteiger partial charge on any atom is -0.340 e. The molecular weight excluding hydrogens is 286 g/mol.